The van der Waals surface area contributed by atoms with Crippen LogP contribution in [-0.4, -0.2) is 17.5 Å². The van der Waals surface area contributed by atoms with Gasteiger partial charge in [-0.1, -0.05) is 18.2 Å². The number of nitrogens with zero attached hydrogens (tertiary/aromatic N) is 1. The smallest absolute Gasteiger partial charge is 0.250 e. The first kappa shape index (κ1) is 13.6. The molecular weight excluding hydrogens is 264 g/mol. The molecular formula is C17H18N2O2. The van der Waals surface area contributed by atoms with Crippen molar-refractivity contribution in [1.29, 1.82) is 0 Å². The summed E-state index contributed by atoms with van der Waals surface area (Å²) in [4.78, 5) is 15.8. The summed E-state index contributed by atoms with van der Waals surface area (Å²) < 4.78 is 5.89. The number of primary amides is 1. The first-order valence-electron chi connectivity index (χ1n) is 7.18. The molecule has 2 aromatic rings. The maximum atomic E-state index is 11.5. The number of carbonyl (C=O) groups excluding carboxylic acids is 1. The van der Waals surface area contributed by atoms with Crippen molar-refractivity contribution in [2.24, 2.45) is 11.7 Å². The molecule has 2 N–H and O–H groups in total. The van der Waals surface area contributed by atoms with Crippen LogP contribution in [0.3, 0.4) is 0 Å². The standard InChI is InChI=1S/C17H18N2O2/c18-17(20)14-5-3-9-19-15(14)10-13-4-1-2-6-16(13)21-11-12-7-8-12/h1-6,9,12H,7-8,10-11H2,(H2,18,20). The minimum absolute atomic E-state index is 0.450. The monoisotopic (exact) mass is 282 g/mol. The Morgan fingerprint density at radius 3 is 2.81 bits per heavy atom. The van der Waals surface area contributed by atoms with Gasteiger partial charge < -0.3 is 10.5 Å². The zero-order valence-corrected chi connectivity index (χ0v) is 11.8. The molecule has 0 aliphatic heterocycles. The summed E-state index contributed by atoms with van der Waals surface area (Å²) in [5.41, 5.74) is 7.58. The SMILES string of the molecule is NC(=O)c1cccnc1Cc1ccccc1OCC1CC1. The fourth-order valence-corrected chi connectivity index (χ4v) is 2.27. The van der Waals surface area contributed by atoms with Crippen LogP contribution < -0.4 is 10.5 Å². The fourth-order valence-electron chi connectivity index (χ4n) is 2.27. The van der Waals surface area contributed by atoms with Crippen molar-refractivity contribution >= 4 is 5.91 Å². The van der Waals surface area contributed by atoms with Crippen molar-refractivity contribution in [1.82, 2.24) is 4.98 Å². The molecule has 1 aromatic carbocycles. The lowest BCUT2D eigenvalue weighted by atomic mass is 10.0. The van der Waals surface area contributed by atoms with E-state index in [2.05, 4.69) is 4.98 Å². The quantitative estimate of drug-likeness (QED) is 0.885. The molecule has 0 saturated heterocycles. The number of hydrogen-bond donors (Lipinski definition) is 1. The number of benzene rings is 1. The molecule has 0 radical (unpaired) electrons. The number of pyridine rings is 1. The summed E-state index contributed by atoms with van der Waals surface area (Å²) in [5.74, 6) is 1.12. The van der Waals surface area contributed by atoms with Crippen LogP contribution in [0.4, 0.5) is 0 Å². The lowest BCUT2D eigenvalue weighted by Gasteiger charge is -2.12. The number of para-hydroxylation sites is 1. The molecule has 21 heavy (non-hydrogen) atoms. The predicted molar refractivity (Wildman–Crippen MR) is 80.2 cm³/mol. The maximum absolute atomic E-state index is 11.5. The van der Waals surface area contributed by atoms with E-state index in [0.717, 1.165) is 17.9 Å². The van der Waals surface area contributed by atoms with Crippen LogP contribution in [0.2, 0.25) is 0 Å². The Kier molecular flexibility index (Phi) is 3.86. The van der Waals surface area contributed by atoms with Gasteiger partial charge in [0.05, 0.1) is 17.9 Å². The van der Waals surface area contributed by atoms with E-state index in [0.29, 0.717) is 23.6 Å². The van der Waals surface area contributed by atoms with Gasteiger partial charge in [-0.3, -0.25) is 9.78 Å². The molecule has 0 unspecified atom stereocenters. The summed E-state index contributed by atoms with van der Waals surface area (Å²) in [6, 6.07) is 11.3. The molecule has 1 heterocycles. The second-order valence-electron chi connectivity index (χ2n) is 5.40. The van der Waals surface area contributed by atoms with Gasteiger partial charge >= 0.3 is 0 Å². The maximum Gasteiger partial charge on any atom is 0.250 e. The fraction of sp³-hybridized carbons (Fsp3) is 0.294. The van der Waals surface area contributed by atoms with Crippen LogP contribution in [0.1, 0.15) is 34.5 Å². The molecule has 108 valence electrons. The Hall–Kier alpha value is -2.36. The molecule has 1 aliphatic rings. The van der Waals surface area contributed by atoms with E-state index in [1.54, 1.807) is 18.3 Å². The van der Waals surface area contributed by atoms with E-state index in [9.17, 15) is 4.79 Å². The molecule has 0 bridgehead atoms. The minimum Gasteiger partial charge on any atom is -0.493 e. The molecule has 0 spiro atoms. The number of ether oxygens (including phenoxy) is 1. The van der Waals surface area contributed by atoms with Crippen molar-refractivity contribution in [2.75, 3.05) is 6.61 Å². The molecule has 4 nitrogen and oxygen atoms in total. The molecule has 1 aromatic heterocycles. The third-order valence-corrected chi connectivity index (χ3v) is 3.66. The highest BCUT2D eigenvalue weighted by atomic mass is 16.5. The molecule has 1 fully saturated rings. The van der Waals surface area contributed by atoms with E-state index in [1.165, 1.54) is 12.8 Å². The molecule has 0 atom stereocenters. The minimum atomic E-state index is -0.450. The Balaban J connectivity index is 1.82. The number of nitrogens with two attached hydrogens (primary N) is 1. The van der Waals surface area contributed by atoms with Gasteiger partial charge in [0.15, 0.2) is 0 Å². The number of aromatic nitrogens is 1. The van der Waals surface area contributed by atoms with Gasteiger partial charge in [-0.2, -0.15) is 0 Å². The van der Waals surface area contributed by atoms with Gasteiger partial charge in [-0.15, -0.1) is 0 Å². The number of carbonyl (C=O) groups is 1. The van der Waals surface area contributed by atoms with Crippen LogP contribution in [0.15, 0.2) is 42.6 Å². The molecule has 3 rings (SSSR count). The lowest BCUT2D eigenvalue weighted by molar-refractivity contribution is 0.0999. The van der Waals surface area contributed by atoms with E-state index < -0.39 is 5.91 Å². The zero-order valence-electron chi connectivity index (χ0n) is 11.8. The Labute approximate surface area is 124 Å². The molecule has 4 heteroatoms. The molecule has 1 saturated carbocycles. The topological polar surface area (TPSA) is 65.2 Å². The Bertz CT molecular complexity index is 651. The van der Waals surface area contributed by atoms with Crippen LogP contribution in [0, 0.1) is 5.92 Å². The average Bonchev–Trinajstić information content (AvgIpc) is 3.31. The van der Waals surface area contributed by atoms with Gasteiger partial charge in [0.25, 0.3) is 5.91 Å². The molecule has 1 aliphatic carbocycles. The third kappa shape index (κ3) is 3.40. The Morgan fingerprint density at radius 1 is 1.24 bits per heavy atom. The van der Waals surface area contributed by atoms with Crippen LogP contribution in [0.25, 0.3) is 0 Å². The van der Waals surface area contributed by atoms with Crippen LogP contribution >= 0.6 is 0 Å². The first-order chi connectivity index (χ1) is 10.2. The predicted octanol–water partition coefficient (Wildman–Crippen LogP) is 2.56. The van der Waals surface area contributed by atoms with Crippen molar-refractivity contribution in [2.45, 2.75) is 19.3 Å². The van der Waals surface area contributed by atoms with Crippen LogP contribution in [0.5, 0.6) is 5.75 Å². The van der Waals surface area contributed by atoms with Gasteiger partial charge in [-0.05, 0) is 37.0 Å². The third-order valence-electron chi connectivity index (χ3n) is 3.66. The second-order valence-corrected chi connectivity index (χ2v) is 5.40. The van der Waals surface area contributed by atoms with Crippen molar-refractivity contribution in [3.63, 3.8) is 0 Å². The van der Waals surface area contributed by atoms with Gasteiger partial charge in [-0.25, -0.2) is 0 Å². The second kappa shape index (κ2) is 5.95. The zero-order chi connectivity index (χ0) is 14.7. The number of hydrogen-bond acceptors (Lipinski definition) is 3. The lowest BCUT2D eigenvalue weighted by Crippen LogP contribution is -2.15. The number of rotatable bonds is 6. The summed E-state index contributed by atoms with van der Waals surface area (Å²) in [5, 5.41) is 0. The van der Waals surface area contributed by atoms with E-state index in [4.69, 9.17) is 10.5 Å². The van der Waals surface area contributed by atoms with Crippen molar-refractivity contribution in [3.05, 3.63) is 59.4 Å². The van der Waals surface area contributed by atoms with Gasteiger partial charge in [0.1, 0.15) is 5.75 Å². The average molecular weight is 282 g/mol. The van der Waals surface area contributed by atoms with E-state index in [1.807, 2.05) is 24.3 Å². The normalized spacial score (nSPS) is 13.9. The summed E-state index contributed by atoms with van der Waals surface area (Å²) in [7, 11) is 0. The Morgan fingerprint density at radius 2 is 2.05 bits per heavy atom. The van der Waals surface area contributed by atoms with E-state index >= 15 is 0 Å². The van der Waals surface area contributed by atoms with Gasteiger partial charge in [0.2, 0.25) is 0 Å². The van der Waals surface area contributed by atoms with Crippen LogP contribution in [-0.2, 0) is 6.42 Å². The van der Waals surface area contributed by atoms with Crippen molar-refractivity contribution < 1.29 is 9.53 Å². The summed E-state index contributed by atoms with van der Waals surface area (Å²) in [6.45, 7) is 0.766. The summed E-state index contributed by atoms with van der Waals surface area (Å²) >= 11 is 0. The molecule has 1 amide bonds. The number of amides is 1. The van der Waals surface area contributed by atoms with Crippen molar-refractivity contribution in [3.8, 4) is 5.75 Å². The first-order valence-corrected chi connectivity index (χ1v) is 7.18. The highest BCUT2D eigenvalue weighted by Crippen LogP contribution is 2.30. The van der Waals surface area contributed by atoms with E-state index in [-0.39, 0.29) is 0 Å². The van der Waals surface area contributed by atoms with Gasteiger partial charge in [0, 0.05) is 18.2 Å². The summed E-state index contributed by atoms with van der Waals surface area (Å²) in [6.07, 6.45) is 4.73. The highest BCUT2D eigenvalue weighted by Gasteiger charge is 2.22. The largest absolute Gasteiger partial charge is 0.493 e. The highest BCUT2D eigenvalue weighted by molar-refractivity contribution is 5.93.